The van der Waals surface area contributed by atoms with Gasteiger partial charge in [0.2, 0.25) is 5.91 Å². The average molecular weight is 430 g/mol. The first-order chi connectivity index (χ1) is 13.5. The molecule has 0 saturated heterocycles. The van der Waals surface area contributed by atoms with Crippen molar-refractivity contribution in [2.75, 3.05) is 7.05 Å². The normalized spacial score (nSPS) is 11.2. The highest BCUT2D eigenvalue weighted by Crippen LogP contribution is 2.33. The number of rotatable bonds is 5. The molecule has 5 nitrogen and oxygen atoms in total. The molecule has 4 aromatic rings. The lowest BCUT2D eigenvalue weighted by molar-refractivity contribution is -0.131. The number of carbonyl (C=O) groups is 1. The van der Waals surface area contributed by atoms with Crippen LogP contribution in [0, 0.1) is 13.8 Å². The summed E-state index contributed by atoms with van der Waals surface area (Å²) in [6.45, 7) is 4.36. The molecular formula is C20H19N3O2S3. The van der Waals surface area contributed by atoms with Crippen LogP contribution < -0.4 is 5.56 Å². The molecular weight excluding hydrogens is 410 g/mol. The van der Waals surface area contributed by atoms with Crippen molar-refractivity contribution in [2.45, 2.75) is 26.9 Å². The zero-order chi connectivity index (χ0) is 19.8. The molecule has 0 aliphatic rings. The fraction of sp³-hybridized carbons (Fsp3) is 0.250. The number of nitrogens with zero attached hydrogens (tertiary/aromatic N) is 3. The minimum atomic E-state index is -0.152. The van der Waals surface area contributed by atoms with E-state index in [1.54, 1.807) is 41.5 Å². The largest absolute Gasteiger partial charge is 0.339 e. The second kappa shape index (κ2) is 7.62. The number of hydrogen-bond acceptors (Lipinski definition) is 6. The first-order valence-electron chi connectivity index (χ1n) is 8.75. The predicted octanol–water partition coefficient (Wildman–Crippen LogP) is 4.52. The molecule has 0 fully saturated rings. The first-order valence-corrected chi connectivity index (χ1v) is 11.4. The summed E-state index contributed by atoms with van der Waals surface area (Å²) in [6.07, 6.45) is 0. The summed E-state index contributed by atoms with van der Waals surface area (Å²) in [4.78, 5) is 35.2. The first kappa shape index (κ1) is 19.0. The van der Waals surface area contributed by atoms with Gasteiger partial charge in [-0.05, 0) is 42.3 Å². The van der Waals surface area contributed by atoms with E-state index < -0.39 is 0 Å². The predicted molar refractivity (Wildman–Crippen MR) is 117 cm³/mol. The zero-order valence-electron chi connectivity index (χ0n) is 15.8. The van der Waals surface area contributed by atoms with Crippen LogP contribution in [0.25, 0.3) is 20.7 Å². The minimum Gasteiger partial charge on any atom is -0.339 e. The molecule has 4 aromatic heterocycles. The van der Waals surface area contributed by atoms with Gasteiger partial charge in [-0.25, -0.2) is 4.98 Å². The summed E-state index contributed by atoms with van der Waals surface area (Å²) >= 11 is 4.70. The molecule has 4 rings (SSSR count). The molecule has 28 heavy (non-hydrogen) atoms. The van der Waals surface area contributed by atoms with Gasteiger partial charge >= 0.3 is 0 Å². The molecule has 0 aliphatic heterocycles. The SMILES string of the molecule is Cc1ccsc1CN(C)C(=O)Cn1c(C)nc2scc(-c3cccs3)c2c1=O. The van der Waals surface area contributed by atoms with E-state index in [4.69, 9.17) is 0 Å². The molecule has 0 unspecified atom stereocenters. The summed E-state index contributed by atoms with van der Waals surface area (Å²) in [6, 6.07) is 6.01. The smallest absolute Gasteiger partial charge is 0.263 e. The van der Waals surface area contributed by atoms with Gasteiger partial charge in [0.15, 0.2) is 0 Å². The third-order valence-electron chi connectivity index (χ3n) is 4.74. The average Bonchev–Trinajstić information content (AvgIpc) is 3.39. The number of thiophene rings is 3. The minimum absolute atomic E-state index is 0.00570. The van der Waals surface area contributed by atoms with E-state index in [9.17, 15) is 9.59 Å². The van der Waals surface area contributed by atoms with Gasteiger partial charge in [0, 0.05) is 27.7 Å². The Morgan fingerprint density at radius 2 is 2.00 bits per heavy atom. The van der Waals surface area contributed by atoms with Gasteiger partial charge in [0.05, 0.1) is 11.9 Å². The Morgan fingerprint density at radius 3 is 2.68 bits per heavy atom. The number of aromatic nitrogens is 2. The highest BCUT2D eigenvalue weighted by Gasteiger charge is 2.19. The molecule has 0 N–H and O–H groups in total. The second-order valence-corrected chi connectivity index (χ2v) is 9.44. The fourth-order valence-electron chi connectivity index (χ4n) is 3.05. The van der Waals surface area contributed by atoms with Gasteiger partial charge < -0.3 is 4.90 Å². The Balaban J connectivity index is 1.67. The Hall–Kier alpha value is -2.29. The number of likely N-dealkylation sites (N-methyl/N-ethyl adjacent to an activating group) is 1. The third kappa shape index (κ3) is 3.43. The van der Waals surface area contributed by atoms with Crippen molar-refractivity contribution in [3.8, 4) is 10.4 Å². The van der Waals surface area contributed by atoms with Crippen LogP contribution in [0.2, 0.25) is 0 Å². The number of fused-ring (bicyclic) bond motifs is 1. The molecule has 0 aliphatic carbocycles. The lowest BCUT2D eigenvalue weighted by Gasteiger charge is -2.18. The Morgan fingerprint density at radius 1 is 1.18 bits per heavy atom. The van der Waals surface area contributed by atoms with E-state index in [2.05, 4.69) is 4.98 Å². The van der Waals surface area contributed by atoms with E-state index >= 15 is 0 Å². The molecule has 0 atom stereocenters. The van der Waals surface area contributed by atoms with Gasteiger partial charge in [-0.15, -0.1) is 34.0 Å². The lowest BCUT2D eigenvalue weighted by Crippen LogP contribution is -2.35. The van der Waals surface area contributed by atoms with Crippen molar-refractivity contribution >= 4 is 50.1 Å². The molecule has 0 spiro atoms. The van der Waals surface area contributed by atoms with Gasteiger partial charge in [0.25, 0.3) is 5.56 Å². The Kier molecular flexibility index (Phi) is 5.18. The van der Waals surface area contributed by atoms with Crippen LogP contribution in [-0.4, -0.2) is 27.4 Å². The molecule has 1 amide bonds. The number of hydrogen-bond donors (Lipinski definition) is 0. The molecule has 4 heterocycles. The van der Waals surface area contributed by atoms with Gasteiger partial charge in [-0.2, -0.15) is 0 Å². The third-order valence-corrected chi connectivity index (χ3v) is 7.52. The fourth-order valence-corrected chi connectivity index (χ4v) is 5.81. The number of carbonyl (C=O) groups excluding carboxylic acids is 1. The van der Waals surface area contributed by atoms with Crippen LogP contribution in [0.1, 0.15) is 16.3 Å². The van der Waals surface area contributed by atoms with Gasteiger partial charge in [-0.3, -0.25) is 14.2 Å². The van der Waals surface area contributed by atoms with Crippen LogP contribution >= 0.6 is 34.0 Å². The molecule has 0 radical (unpaired) electrons. The highest BCUT2D eigenvalue weighted by atomic mass is 32.1. The van der Waals surface area contributed by atoms with Crippen molar-refractivity contribution in [1.29, 1.82) is 0 Å². The zero-order valence-corrected chi connectivity index (χ0v) is 18.2. The van der Waals surface area contributed by atoms with E-state index in [-0.39, 0.29) is 18.0 Å². The van der Waals surface area contributed by atoms with Crippen LogP contribution in [0.5, 0.6) is 0 Å². The van der Waals surface area contributed by atoms with Crippen molar-refractivity contribution in [1.82, 2.24) is 14.5 Å². The van der Waals surface area contributed by atoms with Gasteiger partial charge in [0.1, 0.15) is 17.2 Å². The number of aryl methyl sites for hydroxylation is 2. The maximum absolute atomic E-state index is 13.2. The van der Waals surface area contributed by atoms with E-state index in [0.717, 1.165) is 20.1 Å². The molecule has 0 saturated carbocycles. The summed E-state index contributed by atoms with van der Waals surface area (Å²) in [5, 5.41) is 6.59. The van der Waals surface area contributed by atoms with E-state index in [0.29, 0.717) is 17.8 Å². The lowest BCUT2D eigenvalue weighted by atomic mass is 10.2. The van der Waals surface area contributed by atoms with Crippen LogP contribution in [0.15, 0.2) is 39.1 Å². The highest BCUT2D eigenvalue weighted by molar-refractivity contribution is 7.18. The Bertz CT molecular complexity index is 1200. The number of amides is 1. The topological polar surface area (TPSA) is 55.2 Å². The van der Waals surface area contributed by atoms with E-state index in [1.807, 2.05) is 41.3 Å². The Labute approximate surface area is 174 Å². The molecule has 144 valence electrons. The molecule has 8 heteroatoms. The maximum atomic E-state index is 13.2. The standard InChI is InChI=1S/C20H19N3O2S3/c1-12-6-8-27-16(12)9-22(3)17(24)10-23-13(2)21-19-18(20(23)25)14(11-28-19)15-5-4-7-26-15/h4-8,11H,9-10H2,1-3H3. The van der Waals surface area contributed by atoms with Crippen molar-refractivity contribution < 1.29 is 4.79 Å². The van der Waals surface area contributed by atoms with Crippen molar-refractivity contribution in [3.05, 3.63) is 61.0 Å². The summed E-state index contributed by atoms with van der Waals surface area (Å²) in [5.41, 5.74) is 1.93. The molecule has 0 aromatic carbocycles. The van der Waals surface area contributed by atoms with Crippen LogP contribution in [-0.2, 0) is 17.9 Å². The summed E-state index contributed by atoms with van der Waals surface area (Å²) in [7, 11) is 1.77. The monoisotopic (exact) mass is 429 g/mol. The van der Waals surface area contributed by atoms with E-state index in [1.165, 1.54) is 21.5 Å². The summed E-state index contributed by atoms with van der Waals surface area (Å²) in [5.74, 6) is 0.457. The summed E-state index contributed by atoms with van der Waals surface area (Å²) < 4.78 is 1.49. The molecule has 0 bridgehead atoms. The van der Waals surface area contributed by atoms with Crippen molar-refractivity contribution in [3.63, 3.8) is 0 Å². The van der Waals surface area contributed by atoms with Crippen LogP contribution in [0.4, 0.5) is 0 Å². The van der Waals surface area contributed by atoms with Gasteiger partial charge in [-0.1, -0.05) is 6.07 Å². The maximum Gasteiger partial charge on any atom is 0.263 e. The quantitative estimate of drug-likeness (QED) is 0.469. The van der Waals surface area contributed by atoms with Crippen molar-refractivity contribution in [2.24, 2.45) is 0 Å². The van der Waals surface area contributed by atoms with Crippen LogP contribution in [0.3, 0.4) is 0 Å². The second-order valence-electron chi connectivity index (χ2n) is 6.63.